The molecule has 284 valence electrons. The minimum absolute atomic E-state index is 0.0293. The Hall–Kier alpha value is -3.26. The van der Waals surface area contributed by atoms with Crippen LogP contribution in [-0.2, 0) is 26.1 Å². The van der Waals surface area contributed by atoms with Gasteiger partial charge in [-0.2, -0.15) is 0 Å². The van der Waals surface area contributed by atoms with Crippen molar-refractivity contribution in [2.75, 3.05) is 0 Å². The highest BCUT2D eigenvalue weighted by atomic mass is 16.6. The fourth-order valence-corrected chi connectivity index (χ4v) is 12.8. The number of Topliss-reactive ketones (excluding diaryl/α,β-unsaturated/α-hetero) is 1. The van der Waals surface area contributed by atoms with Crippen molar-refractivity contribution in [3.05, 3.63) is 76.5 Å². The van der Waals surface area contributed by atoms with Crippen LogP contribution in [0.15, 0.2) is 48.6 Å². The van der Waals surface area contributed by atoms with E-state index >= 15 is 0 Å². The Bertz CT molecular complexity index is 2090. The van der Waals surface area contributed by atoms with Gasteiger partial charge < -0.3 is 24.3 Å². The summed E-state index contributed by atoms with van der Waals surface area (Å²) >= 11 is 0. The smallest absolute Gasteiger partial charge is 0.331 e. The summed E-state index contributed by atoms with van der Waals surface area (Å²) in [6.45, 7) is 27.3. The average Bonchev–Trinajstić information content (AvgIpc) is 3.69. The topological polar surface area (TPSA) is 98.0 Å². The Labute approximate surface area is 315 Å². The molecule has 2 unspecified atom stereocenters. The van der Waals surface area contributed by atoms with Crippen LogP contribution < -0.4 is 0 Å². The van der Waals surface area contributed by atoms with Gasteiger partial charge >= 0.3 is 5.97 Å². The molecule has 7 nitrogen and oxygen atoms in total. The molecule has 3 heterocycles. The molecule has 1 aromatic carbocycles. The second-order valence-electron chi connectivity index (χ2n) is 20.1. The third-order valence-corrected chi connectivity index (χ3v) is 14.8. The van der Waals surface area contributed by atoms with Gasteiger partial charge in [-0.15, -0.1) is 0 Å². The summed E-state index contributed by atoms with van der Waals surface area (Å²) in [7, 11) is 0. The number of hydrogen-bond donors (Lipinski definition) is 2. The van der Waals surface area contributed by atoms with Gasteiger partial charge in [0, 0.05) is 39.5 Å². The maximum absolute atomic E-state index is 14.9. The number of nitrogens with zero attached hydrogens (tertiary/aromatic N) is 1. The van der Waals surface area contributed by atoms with Gasteiger partial charge in [-0.05, 0) is 134 Å². The first-order valence-electron chi connectivity index (χ1n) is 19.8. The van der Waals surface area contributed by atoms with Crippen molar-refractivity contribution in [3.8, 4) is 0 Å². The minimum atomic E-state index is -0.857. The first kappa shape index (κ1) is 36.7. The van der Waals surface area contributed by atoms with Crippen molar-refractivity contribution < 1.29 is 29.3 Å². The molecule has 0 saturated heterocycles. The Balaban J connectivity index is 1.29. The summed E-state index contributed by atoms with van der Waals surface area (Å²) in [4.78, 5) is 27.3. The largest absolute Gasteiger partial charge is 0.457 e. The predicted molar refractivity (Wildman–Crippen MR) is 209 cm³/mol. The van der Waals surface area contributed by atoms with E-state index in [1.807, 2.05) is 33.8 Å². The number of rotatable bonds is 4. The van der Waals surface area contributed by atoms with Gasteiger partial charge in [0.05, 0.1) is 34.5 Å². The normalized spacial score (nSPS) is 37.8. The molecule has 0 amide bonds. The second-order valence-corrected chi connectivity index (χ2v) is 20.1. The van der Waals surface area contributed by atoms with Gasteiger partial charge in [-0.3, -0.25) is 4.79 Å². The Morgan fingerprint density at radius 3 is 2.42 bits per heavy atom. The zero-order chi connectivity index (χ0) is 38.6. The molecule has 0 spiro atoms. The van der Waals surface area contributed by atoms with Gasteiger partial charge in [0.25, 0.3) is 0 Å². The van der Waals surface area contributed by atoms with Crippen molar-refractivity contribution in [3.63, 3.8) is 0 Å². The molecule has 9 atom stereocenters. The van der Waals surface area contributed by atoms with E-state index in [2.05, 4.69) is 77.8 Å². The molecule has 4 aliphatic carbocycles. The third-order valence-electron chi connectivity index (χ3n) is 14.8. The second kappa shape index (κ2) is 11.2. The highest BCUT2D eigenvalue weighted by Gasteiger charge is 2.67. The zero-order valence-electron chi connectivity index (χ0n) is 33.6. The lowest BCUT2D eigenvalue weighted by Crippen LogP contribution is -2.62. The van der Waals surface area contributed by atoms with Crippen molar-refractivity contribution in [1.82, 2.24) is 4.57 Å². The summed E-state index contributed by atoms with van der Waals surface area (Å²) in [5.41, 5.74) is 5.14. The molecule has 0 bridgehead atoms. The summed E-state index contributed by atoms with van der Waals surface area (Å²) in [6.07, 6.45) is 12.5. The predicted octanol–water partition coefficient (Wildman–Crippen LogP) is 9.05. The molecule has 53 heavy (non-hydrogen) atoms. The summed E-state index contributed by atoms with van der Waals surface area (Å²) in [5, 5.41) is 25.1. The lowest BCUT2D eigenvalue weighted by molar-refractivity contribution is -0.148. The molecule has 2 aliphatic heterocycles. The quantitative estimate of drug-likeness (QED) is 0.142. The number of carbonyl (C=O) groups is 2. The first-order valence-corrected chi connectivity index (χ1v) is 19.8. The number of aromatic nitrogens is 1. The number of aliphatic hydroxyl groups is 2. The van der Waals surface area contributed by atoms with Crippen LogP contribution in [0.2, 0.25) is 0 Å². The van der Waals surface area contributed by atoms with Crippen LogP contribution in [0.4, 0.5) is 0 Å². The molecule has 2 N–H and O–H groups in total. The van der Waals surface area contributed by atoms with E-state index in [1.54, 1.807) is 6.08 Å². The van der Waals surface area contributed by atoms with Gasteiger partial charge in [0.2, 0.25) is 0 Å². The number of ketones is 1. The van der Waals surface area contributed by atoms with Crippen molar-refractivity contribution in [1.29, 1.82) is 0 Å². The molecule has 1 aromatic heterocycles. The fourth-order valence-electron chi connectivity index (χ4n) is 12.8. The Morgan fingerprint density at radius 1 is 1.06 bits per heavy atom. The molecule has 2 aromatic rings. The molecule has 7 heteroatoms. The number of benzene rings is 1. The molecular formula is C46H59NO6. The molecule has 0 radical (unpaired) electrons. The maximum Gasteiger partial charge on any atom is 0.331 e. The highest BCUT2D eigenvalue weighted by Crippen LogP contribution is 2.71. The van der Waals surface area contributed by atoms with Gasteiger partial charge in [-0.25, -0.2) is 4.79 Å². The van der Waals surface area contributed by atoms with Crippen LogP contribution in [0, 0.1) is 28.6 Å². The Kier molecular flexibility index (Phi) is 7.73. The molecule has 2 fully saturated rings. The first-order chi connectivity index (χ1) is 24.5. The van der Waals surface area contributed by atoms with Crippen LogP contribution in [0.5, 0.6) is 0 Å². The van der Waals surface area contributed by atoms with Gasteiger partial charge in [-0.1, -0.05) is 51.2 Å². The van der Waals surface area contributed by atoms with Crippen LogP contribution in [-0.4, -0.2) is 49.4 Å². The third kappa shape index (κ3) is 4.81. The zero-order valence-corrected chi connectivity index (χ0v) is 33.6. The number of aliphatic hydroxyl groups excluding tert-OH is 2. The number of allylic oxidation sites excluding steroid dienone is 3. The van der Waals surface area contributed by atoms with Crippen LogP contribution >= 0.6 is 0 Å². The fraction of sp³-hybridized carbons (Fsp3) is 0.609. The van der Waals surface area contributed by atoms with E-state index in [0.29, 0.717) is 17.9 Å². The van der Waals surface area contributed by atoms with Crippen molar-refractivity contribution >= 4 is 28.2 Å². The lowest BCUT2D eigenvalue weighted by atomic mass is 9.40. The summed E-state index contributed by atoms with van der Waals surface area (Å²) in [6, 6.07) is 1.77. The van der Waals surface area contributed by atoms with E-state index < -0.39 is 40.5 Å². The summed E-state index contributed by atoms with van der Waals surface area (Å²) in [5.74, 6) is -0.0886. The van der Waals surface area contributed by atoms with Crippen LogP contribution in [0.3, 0.4) is 0 Å². The van der Waals surface area contributed by atoms with Crippen molar-refractivity contribution in [2.24, 2.45) is 28.6 Å². The van der Waals surface area contributed by atoms with E-state index in [4.69, 9.17) is 9.47 Å². The average molecular weight is 722 g/mol. The van der Waals surface area contributed by atoms with Crippen LogP contribution in [0.25, 0.3) is 16.5 Å². The molecule has 8 rings (SSSR count). The maximum atomic E-state index is 14.9. The number of carbonyl (C=O) groups excluding carboxylic acids is 2. The van der Waals surface area contributed by atoms with Gasteiger partial charge in [0.15, 0.2) is 5.78 Å². The van der Waals surface area contributed by atoms with E-state index in [1.165, 1.54) is 17.3 Å². The minimum Gasteiger partial charge on any atom is -0.457 e. The van der Waals surface area contributed by atoms with E-state index in [9.17, 15) is 19.8 Å². The van der Waals surface area contributed by atoms with Crippen LogP contribution in [0.1, 0.15) is 147 Å². The van der Waals surface area contributed by atoms with Crippen molar-refractivity contribution in [2.45, 2.75) is 149 Å². The monoisotopic (exact) mass is 721 g/mol. The number of hydrogen-bond acceptors (Lipinski definition) is 6. The number of ether oxygens (including phenoxy) is 2. The molecule has 6 aliphatic rings. The van der Waals surface area contributed by atoms with E-state index in [0.717, 1.165) is 58.9 Å². The van der Waals surface area contributed by atoms with E-state index in [-0.39, 0.29) is 34.4 Å². The highest BCUT2D eigenvalue weighted by molar-refractivity contribution is 6.18. The standard InChI is InChI=1S/C46H59NO6/c1-24(2)36-39(51)34-33-26(29-23-42(6,7)53-43(8,9)35(29)38(33)50)22-27-28-21-25-16-17-30-44(10,19-14-13-15-32(49)52-41(3,4)5)31(48)18-20-45(30,11)46(25,12)40(28)47(36)37(27)34/h13-15,19,22-23,25,30-31,35-36,38,48,50H,1,16-18,20-21H2,2-12H3/b15-13+,19-14+/t25?,30-,31-,35?,36-,38+,44-,45-,46+/m0/s1. The number of esters is 1. The lowest BCUT2D eigenvalue weighted by Gasteiger charge is -2.64. The molecule has 2 saturated carbocycles. The van der Waals surface area contributed by atoms with Gasteiger partial charge in [0.1, 0.15) is 11.6 Å². The Morgan fingerprint density at radius 2 is 1.75 bits per heavy atom. The summed E-state index contributed by atoms with van der Waals surface area (Å²) < 4.78 is 14.4. The molecular weight excluding hydrogens is 663 g/mol. The SMILES string of the molecule is C=C(C)[C@H]1C(=O)c2c3c(cc4c5c(n1c24)[C@@]1(C)C(CC[C@H]2[C@](C)(/C=C/C=C/C(=O)OC(C)(C)C)[C@@H](O)CC[C@@]21C)C5)C1=CC(C)(C)OC(C)(C)C1[C@@H]3O. The number of fused-ring (bicyclic) bond motifs is 11.